The molecule has 0 saturated heterocycles. The number of alkyl halides is 1. The zero-order valence-corrected chi connectivity index (χ0v) is 9.57. The lowest BCUT2D eigenvalue weighted by Gasteiger charge is -2.06. The predicted octanol–water partition coefficient (Wildman–Crippen LogP) is 2.61. The van der Waals surface area contributed by atoms with Crippen LogP contribution in [0.15, 0.2) is 18.2 Å². The quantitative estimate of drug-likeness (QED) is 0.335. The van der Waals surface area contributed by atoms with Gasteiger partial charge in [-0.05, 0) is 6.42 Å². The monoisotopic (exact) mass is 245 g/mol. The van der Waals surface area contributed by atoms with Gasteiger partial charge in [-0.1, -0.05) is 0 Å². The second kappa shape index (κ2) is 6.17. The summed E-state index contributed by atoms with van der Waals surface area (Å²) in [5.74, 6) is 1.30. The van der Waals surface area contributed by atoms with Crippen molar-refractivity contribution in [3.05, 3.63) is 28.3 Å². The van der Waals surface area contributed by atoms with E-state index >= 15 is 0 Å². The van der Waals surface area contributed by atoms with E-state index in [9.17, 15) is 10.1 Å². The second-order valence-electron chi connectivity index (χ2n) is 3.01. The normalized spacial score (nSPS) is 9.88. The minimum Gasteiger partial charge on any atom is -0.496 e. The molecular formula is C10H12ClNO4. The van der Waals surface area contributed by atoms with E-state index in [4.69, 9.17) is 21.1 Å². The van der Waals surface area contributed by atoms with Gasteiger partial charge < -0.3 is 9.47 Å². The number of nitrogens with zero attached hydrogens (tertiary/aromatic N) is 1. The number of benzene rings is 1. The summed E-state index contributed by atoms with van der Waals surface area (Å²) in [7, 11) is 1.45. The highest BCUT2D eigenvalue weighted by Gasteiger charge is 2.10. The molecule has 0 spiro atoms. The topological polar surface area (TPSA) is 61.6 Å². The van der Waals surface area contributed by atoms with E-state index in [1.165, 1.54) is 19.2 Å². The van der Waals surface area contributed by atoms with Crippen molar-refractivity contribution in [3.63, 3.8) is 0 Å². The highest BCUT2D eigenvalue weighted by molar-refractivity contribution is 6.17. The van der Waals surface area contributed by atoms with Crippen molar-refractivity contribution in [2.75, 3.05) is 19.6 Å². The molecule has 0 unspecified atom stereocenters. The lowest BCUT2D eigenvalue weighted by atomic mass is 10.3. The van der Waals surface area contributed by atoms with Crippen LogP contribution in [0.5, 0.6) is 11.5 Å². The number of halogens is 1. The average Bonchev–Trinajstić information content (AvgIpc) is 2.29. The molecule has 0 fully saturated rings. The molecule has 0 bridgehead atoms. The van der Waals surface area contributed by atoms with Crippen LogP contribution in [0.1, 0.15) is 6.42 Å². The summed E-state index contributed by atoms with van der Waals surface area (Å²) in [6.07, 6.45) is 0.687. The molecule has 5 nitrogen and oxygen atoms in total. The third-order valence-corrected chi connectivity index (χ3v) is 2.13. The Labute approximate surface area is 98.1 Å². The third kappa shape index (κ3) is 3.58. The SMILES string of the molecule is COc1cc(OCCCCl)cc([N+](=O)[O-])c1. The Morgan fingerprint density at radius 1 is 1.38 bits per heavy atom. The fourth-order valence-electron chi connectivity index (χ4n) is 1.11. The maximum Gasteiger partial charge on any atom is 0.276 e. The van der Waals surface area contributed by atoms with E-state index in [2.05, 4.69) is 0 Å². The van der Waals surface area contributed by atoms with Crippen LogP contribution in [0.2, 0.25) is 0 Å². The number of hydrogen-bond donors (Lipinski definition) is 0. The molecule has 6 heteroatoms. The van der Waals surface area contributed by atoms with E-state index in [0.717, 1.165) is 0 Å². The fraction of sp³-hybridized carbons (Fsp3) is 0.400. The number of hydrogen-bond acceptors (Lipinski definition) is 4. The van der Waals surface area contributed by atoms with Crippen LogP contribution in [-0.2, 0) is 0 Å². The molecule has 0 saturated carbocycles. The second-order valence-corrected chi connectivity index (χ2v) is 3.39. The fourth-order valence-corrected chi connectivity index (χ4v) is 1.22. The van der Waals surface area contributed by atoms with Crippen LogP contribution < -0.4 is 9.47 Å². The minimum atomic E-state index is -0.489. The molecule has 0 aliphatic heterocycles. The summed E-state index contributed by atoms with van der Waals surface area (Å²) in [6.45, 7) is 0.424. The number of methoxy groups -OCH3 is 1. The van der Waals surface area contributed by atoms with Gasteiger partial charge >= 0.3 is 0 Å². The molecule has 1 aromatic carbocycles. The summed E-state index contributed by atoms with van der Waals surface area (Å²) in [4.78, 5) is 10.1. The van der Waals surface area contributed by atoms with Gasteiger partial charge in [-0.25, -0.2) is 0 Å². The van der Waals surface area contributed by atoms with Crippen LogP contribution >= 0.6 is 11.6 Å². The van der Waals surface area contributed by atoms with Crippen molar-refractivity contribution in [1.29, 1.82) is 0 Å². The van der Waals surface area contributed by atoms with Gasteiger partial charge in [0.15, 0.2) is 0 Å². The molecule has 88 valence electrons. The summed E-state index contributed by atoms with van der Waals surface area (Å²) in [6, 6.07) is 4.30. The third-order valence-electron chi connectivity index (χ3n) is 1.86. The Kier molecular flexibility index (Phi) is 4.85. The molecule has 0 radical (unpaired) electrons. The Balaban J connectivity index is 2.82. The Hall–Kier alpha value is -1.49. The zero-order valence-electron chi connectivity index (χ0n) is 8.81. The first-order valence-electron chi connectivity index (χ1n) is 4.69. The lowest BCUT2D eigenvalue weighted by Crippen LogP contribution is -1.99. The van der Waals surface area contributed by atoms with Crippen LogP contribution in [0, 0.1) is 10.1 Å². The van der Waals surface area contributed by atoms with Crippen LogP contribution in [-0.4, -0.2) is 24.5 Å². The van der Waals surface area contributed by atoms with Gasteiger partial charge in [-0.2, -0.15) is 0 Å². The Bertz CT molecular complexity index is 370. The van der Waals surface area contributed by atoms with Crippen LogP contribution in [0.3, 0.4) is 0 Å². The Morgan fingerprint density at radius 2 is 2.06 bits per heavy atom. The van der Waals surface area contributed by atoms with Crippen molar-refractivity contribution in [2.24, 2.45) is 0 Å². The van der Waals surface area contributed by atoms with E-state index < -0.39 is 4.92 Å². The van der Waals surface area contributed by atoms with Crippen molar-refractivity contribution >= 4 is 17.3 Å². The van der Waals surface area contributed by atoms with E-state index in [1.807, 2.05) is 0 Å². The van der Waals surface area contributed by atoms with Gasteiger partial charge in [0.25, 0.3) is 5.69 Å². The van der Waals surface area contributed by atoms with Gasteiger partial charge in [0.2, 0.25) is 0 Å². The lowest BCUT2D eigenvalue weighted by molar-refractivity contribution is -0.385. The molecule has 0 aliphatic carbocycles. The molecule has 0 aliphatic rings. The highest BCUT2D eigenvalue weighted by Crippen LogP contribution is 2.27. The maximum absolute atomic E-state index is 10.6. The molecule has 0 atom stereocenters. The van der Waals surface area contributed by atoms with E-state index in [-0.39, 0.29) is 5.69 Å². The standard InChI is InChI=1S/C10H12ClNO4/c1-15-9-5-8(12(13)14)6-10(7-9)16-4-2-3-11/h5-7H,2-4H2,1H3. The largest absolute Gasteiger partial charge is 0.496 e. The molecule has 0 amide bonds. The first-order chi connectivity index (χ1) is 7.67. The molecule has 16 heavy (non-hydrogen) atoms. The van der Waals surface area contributed by atoms with E-state index in [1.54, 1.807) is 6.07 Å². The summed E-state index contributed by atoms with van der Waals surface area (Å²) in [5.41, 5.74) is -0.0553. The molecule has 1 aromatic rings. The number of nitro groups is 1. The first kappa shape index (κ1) is 12.6. The first-order valence-corrected chi connectivity index (χ1v) is 5.23. The molecule has 1 rings (SSSR count). The van der Waals surface area contributed by atoms with Gasteiger partial charge in [-0.15, -0.1) is 11.6 Å². The number of non-ortho nitro benzene ring substituents is 1. The van der Waals surface area contributed by atoms with Crippen LogP contribution in [0.25, 0.3) is 0 Å². The highest BCUT2D eigenvalue weighted by atomic mass is 35.5. The minimum absolute atomic E-state index is 0.0553. The predicted molar refractivity (Wildman–Crippen MR) is 60.5 cm³/mol. The maximum atomic E-state index is 10.6. The van der Waals surface area contributed by atoms with Crippen molar-refractivity contribution in [2.45, 2.75) is 6.42 Å². The number of rotatable bonds is 6. The summed E-state index contributed by atoms with van der Waals surface area (Å²) >= 11 is 5.50. The molecule has 0 N–H and O–H groups in total. The van der Waals surface area contributed by atoms with Crippen molar-refractivity contribution in [1.82, 2.24) is 0 Å². The van der Waals surface area contributed by atoms with E-state index in [0.29, 0.717) is 30.4 Å². The van der Waals surface area contributed by atoms with Crippen LogP contribution in [0.4, 0.5) is 5.69 Å². The van der Waals surface area contributed by atoms with Gasteiger partial charge in [0.1, 0.15) is 11.5 Å². The van der Waals surface area contributed by atoms with Gasteiger partial charge in [0.05, 0.1) is 30.8 Å². The summed E-state index contributed by atoms with van der Waals surface area (Å²) < 4.78 is 10.3. The van der Waals surface area contributed by atoms with Crippen molar-refractivity contribution < 1.29 is 14.4 Å². The number of ether oxygens (including phenoxy) is 2. The summed E-state index contributed by atoms with van der Waals surface area (Å²) in [5, 5.41) is 10.6. The van der Waals surface area contributed by atoms with Crippen molar-refractivity contribution in [3.8, 4) is 11.5 Å². The molecule has 0 heterocycles. The smallest absolute Gasteiger partial charge is 0.276 e. The zero-order chi connectivity index (χ0) is 12.0. The average molecular weight is 246 g/mol. The molecule has 0 aromatic heterocycles. The van der Waals surface area contributed by atoms with Gasteiger partial charge in [-0.3, -0.25) is 10.1 Å². The number of nitro benzene ring substituents is 1. The molecular weight excluding hydrogens is 234 g/mol. The Morgan fingerprint density at radius 3 is 2.62 bits per heavy atom. The van der Waals surface area contributed by atoms with Gasteiger partial charge in [0, 0.05) is 11.9 Å².